The van der Waals surface area contributed by atoms with Crippen LogP contribution in [0.3, 0.4) is 0 Å². The lowest BCUT2D eigenvalue weighted by atomic mass is 10.1. The van der Waals surface area contributed by atoms with Gasteiger partial charge in [-0.1, -0.05) is 22.8 Å². The Hall–Kier alpha value is -2.84. The molecule has 150 valence electrons. The van der Waals surface area contributed by atoms with Crippen molar-refractivity contribution in [2.45, 2.75) is 6.54 Å². The van der Waals surface area contributed by atoms with E-state index in [0.29, 0.717) is 49.5 Å². The lowest BCUT2D eigenvalue weighted by molar-refractivity contribution is 0.0606. The molecule has 0 N–H and O–H groups in total. The minimum absolute atomic E-state index is 0.352. The van der Waals surface area contributed by atoms with E-state index in [2.05, 4.69) is 10.1 Å². The van der Waals surface area contributed by atoms with E-state index in [9.17, 15) is 13.6 Å². The van der Waals surface area contributed by atoms with Crippen molar-refractivity contribution in [1.29, 1.82) is 0 Å². The first-order chi connectivity index (χ1) is 14.0. The van der Waals surface area contributed by atoms with Crippen molar-refractivity contribution in [1.82, 2.24) is 19.9 Å². The molecule has 4 rings (SSSR count). The summed E-state index contributed by atoms with van der Waals surface area (Å²) in [6.45, 7) is 2.19. The van der Waals surface area contributed by atoms with E-state index >= 15 is 0 Å². The third kappa shape index (κ3) is 4.28. The molecule has 1 amide bonds. The molecule has 0 unspecified atom stereocenters. The quantitative estimate of drug-likeness (QED) is 0.647. The van der Waals surface area contributed by atoms with E-state index in [0.717, 1.165) is 17.7 Å². The Labute approximate surface area is 170 Å². The highest BCUT2D eigenvalue weighted by molar-refractivity contribution is 6.30. The number of rotatable bonds is 4. The van der Waals surface area contributed by atoms with E-state index in [4.69, 9.17) is 16.1 Å². The minimum atomic E-state index is -0.849. The van der Waals surface area contributed by atoms with Crippen molar-refractivity contribution >= 4 is 17.5 Å². The Morgan fingerprint density at radius 3 is 2.34 bits per heavy atom. The van der Waals surface area contributed by atoms with Crippen molar-refractivity contribution in [3.63, 3.8) is 0 Å². The highest BCUT2D eigenvalue weighted by atomic mass is 35.5. The molecule has 1 aliphatic rings. The second kappa shape index (κ2) is 8.26. The smallest absolute Gasteiger partial charge is 0.259 e. The van der Waals surface area contributed by atoms with E-state index < -0.39 is 23.1 Å². The molecular formula is C20H17ClF2N4O2. The molecule has 1 aromatic heterocycles. The zero-order chi connectivity index (χ0) is 20.4. The minimum Gasteiger partial charge on any atom is -0.338 e. The fourth-order valence-electron chi connectivity index (χ4n) is 3.20. The van der Waals surface area contributed by atoms with Crippen LogP contribution >= 0.6 is 11.6 Å². The average molecular weight is 419 g/mol. The number of hydrogen-bond acceptors (Lipinski definition) is 5. The maximum Gasteiger partial charge on any atom is 0.259 e. The summed E-state index contributed by atoms with van der Waals surface area (Å²) in [4.78, 5) is 20.3. The summed E-state index contributed by atoms with van der Waals surface area (Å²) in [5.41, 5.74) is 0.289. The number of nitrogens with zero attached hydrogens (tertiary/aromatic N) is 4. The summed E-state index contributed by atoms with van der Waals surface area (Å²) in [7, 11) is 0. The van der Waals surface area contributed by atoms with E-state index in [1.165, 1.54) is 11.0 Å². The monoisotopic (exact) mass is 418 g/mol. The van der Waals surface area contributed by atoms with E-state index in [1.54, 1.807) is 12.1 Å². The van der Waals surface area contributed by atoms with Crippen LogP contribution < -0.4 is 0 Å². The molecule has 2 aromatic carbocycles. The molecule has 0 spiro atoms. The molecule has 3 aromatic rings. The molecule has 0 saturated carbocycles. The first-order valence-electron chi connectivity index (χ1n) is 9.05. The van der Waals surface area contributed by atoms with Crippen LogP contribution in [0.1, 0.15) is 16.2 Å². The lowest BCUT2D eigenvalue weighted by Gasteiger charge is -2.34. The second-order valence-corrected chi connectivity index (χ2v) is 7.12. The van der Waals surface area contributed by atoms with Gasteiger partial charge in [0.2, 0.25) is 11.7 Å². The molecule has 9 heteroatoms. The molecule has 6 nitrogen and oxygen atoms in total. The van der Waals surface area contributed by atoms with Gasteiger partial charge in [-0.2, -0.15) is 4.98 Å². The van der Waals surface area contributed by atoms with Gasteiger partial charge in [0.15, 0.2) is 0 Å². The largest absolute Gasteiger partial charge is 0.338 e. The number of carbonyl (C=O) groups is 1. The SMILES string of the molecule is O=C(c1c(F)cccc1F)N1CCN(Cc2nc(-c3ccc(Cl)cc3)no2)CC1. The van der Waals surface area contributed by atoms with Crippen molar-refractivity contribution in [2.75, 3.05) is 26.2 Å². The van der Waals surface area contributed by atoms with E-state index in [1.807, 2.05) is 17.0 Å². The standard InChI is InChI=1S/C20H17ClF2N4O2/c21-14-6-4-13(5-7-14)19-24-17(29-25-19)12-26-8-10-27(11-9-26)20(28)18-15(22)2-1-3-16(18)23/h1-7H,8-12H2. The second-order valence-electron chi connectivity index (χ2n) is 6.68. The van der Waals surface area contributed by atoms with Gasteiger partial charge in [-0.3, -0.25) is 9.69 Å². The lowest BCUT2D eigenvalue weighted by Crippen LogP contribution is -2.48. The summed E-state index contributed by atoms with van der Waals surface area (Å²) >= 11 is 5.88. The van der Waals surface area contributed by atoms with E-state index in [-0.39, 0.29) is 0 Å². The number of halogens is 3. The summed E-state index contributed by atoms with van der Waals surface area (Å²) in [6.07, 6.45) is 0. The molecule has 29 heavy (non-hydrogen) atoms. The van der Waals surface area contributed by atoms with Crippen LogP contribution in [0.5, 0.6) is 0 Å². The Morgan fingerprint density at radius 1 is 1.03 bits per heavy atom. The highest BCUT2D eigenvalue weighted by Gasteiger charge is 2.27. The van der Waals surface area contributed by atoms with Crippen LogP contribution in [0, 0.1) is 11.6 Å². The number of benzene rings is 2. The third-order valence-electron chi connectivity index (χ3n) is 4.77. The number of carbonyl (C=O) groups excluding carboxylic acids is 1. The van der Waals surface area contributed by atoms with Gasteiger partial charge >= 0.3 is 0 Å². The third-order valence-corrected chi connectivity index (χ3v) is 5.02. The number of aromatic nitrogens is 2. The van der Waals surface area contributed by atoms with Gasteiger partial charge < -0.3 is 9.42 Å². The van der Waals surface area contributed by atoms with Crippen LogP contribution in [0.2, 0.25) is 5.02 Å². The van der Waals surface area contributed by atoms with Crippen LogP contribution in [0.25, 0.3) is 11.4 Å². The normalized spacial score (nSPS) is 14.9. The van der Waals surface area contributed by atoms with Crippen molar-refractivity contribution in [3.05, 3.63) is 70.6 Å². The van der Waals surface area contributed by atoms with Gasteiger partial charge in [0, 0.05) is 36.8 Å². The predicted octanol–water partition coefficient (Wildman–Crippen LogP) is 3.63. The van der Waals surface area contributed by atoms with Gasteiger partial charge in [-0.05, 0) is 36.4 Å². The van der Waals surface area contributed by atoms with Crippen LogP contribution in [-0.4, -0.2) is 52.0 Å². The maximum atomic E-state index is 13.9. The van der Waals surface area contributed by atoms with Crippen LogP contribution in [0.15, 0.2) is 47.0 Å². The summed E-state index contributed by atoms with van der Waals surface area (Å²) in [5, 5.41) is 4.61. The number of hydrogen-bond donors (Lipinski definition) is 0. The van der Waals surface area contributed by atoms with Gasteiger partial charge in [0.25, 0.3) is 5.91 Å². The Morgan fingerprint density at radius 2 is 1.69 bits per heavy atom. The fourth-order valence-corrected chi connectivity index (χ4v) is 3.32. The summed E-state index contributed by atoms with van der Waals surface area (Å²) in [6, 6.07) is 10.5. The zero-order valence-electron chi connectivity index (χ0n) is 15.3. The molecule has 0 atom stereocenters. The molecule has 1 fully saturated rings. The maximum absolute atomic E-state index is 13.9. The topological polar surface area (TPSA) is 62.5 Å². The molecule has 0 radical (unpaired) electrons. The van der Waals surface area contributed by atoms with Crippen LogP contribution in [0.4, 0.5) is 8.78 Å². The first kappa shape index (κ1) is 19.5. The Bertz CT molecular complexity index is 997. The predicted molar refractivity (Wildman–Crippen MR) is 102 cm³/mol. The zero-order valence-corrected chi connectivity index (χ0v) is 16.1. The van der Waals surface area contributed by atoms with Crippen molar-refractivity contribution in [2.24, 2.45) is 0 Å². The highest BCUT2D eigenvalue weighted by Crippen LogP contribution is 2.20. The average Bonchev–Trinajstić information content (AvgIpc) is 3.17. The van der Waals surface area contributed by atoms with Gasteiger partial charge in [-0.25, -0.2) is 8.78 Å². The van der Waals surface area contributed by atoms with Gasteiger partial charge in [0.05, 0.1) is 6.54 Å². The number of piperazine rings is 1. The molecular weight excluding hydrogens is 402 g/mol. The summed E-state index contributed by atoms with van der Waals surface area (Å²) < 4.78 is 33.0. The fraction of sp³-hybridized carbons (Fsp3) is 0.250. The van der Waals surface area contributed by atoms with Crippen molar-refractivity contribution < 1.29 is 18.1 Å². The van der Waals surface area contributed by atoms with Gasteiger partial charge in [-0.15, -0.1) is 0 Å². The summed E-state index contributed by atoms with van der Waals surface area (Å²) in [5.74, 6) is -1.41. The van der Waals surface area contributed by atoms with Crippen molar-refractivity contribution in [3.8, 4) is 11.4 Å². The molecule has 1 saturated heterocycles. The first-order valence-corrected chi connectivity index (χ1v) is 9.43. The molecule has 1 aliphatic heterocycles. The Kier molecular flexibility index (Phi) is 5.55. The number of amides is 1. The Balaban J connectivity index is 1.36. The molecule has 0 aliphatic carbocycles. The molecule has 0 bridgehead atoms. The molecule has 2 heterocycles. The van der Waals surface area contributed by atoms with Crippen LogP contribution in [-0.2, 0) is 6.54 Å². The van der Waals surface area contributed by atoms with Gasteiger partial charge in [0.1, 0.15) is 17.2 Å².